The first-order valence-corrected chi connectivity index (χ1v) is 16.2. The van der Waals surface area contributed by atoms with E-state index in [1.54, 1.807) is 0 Å². The number of benzene rings is 7. The summed E-state index contributed by atoms with van der Waals surface area (Å²) in [5, 5.41) is 5.10. The Kier molecular flexibility index (Phi) is 5.95. The van der Waals surface area contributed by atoms with Gasteiger partial charge in [-0.2, -0.15) is 0 Å². The molecule has 0 aliphatic carbocycles. The van der Waals surface area contributed by atoms with Crippen LogP contribution in [0, 0.1) is 0 Å². The number of aromatic nitrogens is 1. The molecule has 1 atom stereocenters. The van der Waals surface area contributed by atoms with Gasteiger partial charge < -0.3 is 9.47 Å². The Morgan fingerprint density at radius 1 is 0.478 bits per heavy atom. The Hall–Kier alpha value is -5.60. The summed E-state index contributed by atoms with van der Waals surface area (Å²) in [5.41, 5.74) is 11.2. The molecule has 1 aromatic heterocycles. The first-order chi connectivity index (χ1) is 22.6. The molecule has 1 aliphatic heterocycles. The van der Waals surface area contributed by atoms with Crippen LogP contribution in [-0.2, 0) is 0 Å². The van der Waals surface area contributed by atoms with Gasteiger partial charge in [-0.25, -0.2) is 0 Å². The van der Waals surface area contributed by atoms with Crippen molar-refractivity contribution in [2.24, 2.45) is 0 Å². The average Bonchev–Trinajstić information content (AvgIpc) is 3.57. The highest BCUT2D eigenvalue weighted by Gasteiger charge is 2.46. The highest BCUT2D eigenvalue weighted by Crippen LogP contribution is 2.54. The molecule has 2 heterocycles. The van der Waals surface area contributed by atoms with Gasteiger partial charge in [-0.3, -0.25) is 0 Å². The lowest BCUT2D eigenvalue weighted by atomic mass is 9.80. The molecular formula is C44H34N2. The van der Waals surface area contributed by atoms with E-state index >= 15 is 0 Å². The Balaban J connectivity index is 1.09. The van der Waals surface area contributed by atoms with E-state index in [-0.39, 0.29) is 11.5 Å². The molecule has 46 heavy (non-hydrogen) atoms. The minimum Gasteiger partial charge on any atom is -0.335 e. The van der Waals surface area contributed by atoms with Crippen molar-refractivity contribution < 1.29 is 0 Å². The molecule has 7 aromatic carbocycles. The zero-order chi connectivity index (χ0) is 30.8. The minimum atomic E-state index is -0.124. The summed E-state index contributed by atoms with van der Waals surface area (Å²) in [7, 11) is 0. The van der Waals surface area contributed by atoms with Crippen LogP contribution >= 0.6 is 0 Å². The molecule has 0 saturated carbocycles. The van der Waals surface area contributed by atoms with Crippen LogP contribution in [0.15, 0.2) is 164 Å². The molecule has 8 aromatic rings. The SMILES string of the molecule is CC1(C)C(c2ccccc2)c2ccccc2N1c1ccc(-c2ccc(-n3c4ccccc4c4ccc5ccccc5c43)cc2)cc1. The zero-order valence-corrected chi connectivity index (χ0v) is 26.1. The summed E-state index contributed by atoms with van der Waals surface area (Å²) in [6.45, 7) is 4.74. The minimum absolute atomic E-state index is 0.124. The van der Waals surface area contributed by atoms with Crippen molar-refractivity contribution in [2.75, 3.05) is 4.90 Å². The molecule has 0 saturated heterocycles. The van der Waals surface area contributed by atoms with Gasteiger partial charge in [-0.05, 0) is 77.9 Å². The zero-order valence-electron chi connectivity index (χ0n) is 26.1. The molecule has 1 unspecified atom stereocenters. The molecule has 1 aliphatic rings. The fourth-order valence-corrected chi connectivity index (χ4v) is 8.06. The number of nitrogens with zero attached hydrogens (tertiary/aromatic N) is 2. The van der Waals surface area contributed by atoms with Crippen molar-refractivity contribution in [3.05, 3.63) is 175 Å². The Morgan fingerprint density at radius 3 is 1.85 bits per heavy atom. The number of fused-ring (bicyclic) bond motifs is 6. The van der Waals surface area contributed by atoms with Gasteiger partial charge in [0, 0.05) is 39.1 Å². The first kappa shape index (κ1) is 26.8. The normalized spacial score (nSPS) is 15.5. The van der Waals surface area contributed by atoms with Crippen LogP contribution in [0.25, 0.3) is 49.4 Å². The summed E-state index contributed by atoms with van der Waals surface area (Å²) in [5.74, 6) is 0.287. The Labute approximate surface area is 269 Å². The van der Waals surface area contributed by atoms with Crippen molar-refractivity contribution in [3.8, 4) is 16.8 Å². The quantitative estimate of drug-likeness (QED) is 0.198. The van der Waals surface area contributed by atoms with Crippen molar-refractivity contribution >= 4 is 44.0 Å². The lowest BCUT2D eigenvalue weighted by Crippen LogP contribution is -2.40. The van der Waals surface area contributed by atoms with Crippen molar-refractivity contribution in [1.29, 1.82) is 0 Å². The third kappa shape index (κ3) is 3.96. The van der Waals surface area contributed by atoms with E-state index in [0.717, 1.165) is 0 Å². The monoisotopic (exact) mass is 590 g/mol. The Bertz CT molecular complexity index is 2380. The third-order valence-corrected chi connectivity index (χ3v) is 10.0. The van der Waals surface area contributed by atoms with E-state index in [9.17, 15) is 0 Å². The summed E-state index contributed by atoms with van der Waals surface area (Å²) in [6, 6.07) is 60.0. The summed E-state index contributed by atoms with van der Waals surface area (Å²) in [4.78, 5) is 2.53. The van der Waals surface area contributed by atoms with E-state index in [4.69, 9.17) is 0 Å². The molecule has 0 spiro atoms. The van der Waals surface area contributed by atoms with Crippen LogP contribution in [-0.4, -0.2) is 10.1 Å². The van der Waals surface area contributed by atoms with Gasteiger partial charge >= 0.3 is 0 Å². The van der Waals surface area contributed by atoms with Crippen LogP contribution < -0.4 is 4.90 Å². The smallest absolute Gasteiger partial charge is 0.0619 e. The highest BCUT2D eigenvalue weighted by atomic mass is 15.2. The molecule has 2 heteroatoms. The number of hydrogen-bond donors (Lipinski definition) is 0. The summed E-state index contributed by atoms with van der Waals surface area (Å²) in [6.07, 6.45) is 0. The lowest BCUT2D eigenvalue weighted by Gasteiger charge is -2.38. The van der Waals surface area contributed by atoms with Crippen LogP contribution in [0.4, 0.5) is 11.4 Å². The fourth-order valence-electron chi connectivity index (χ4n) is 8.06. The van der Waals surface area contributed by atoms with Gasteiger partial charge in [0.1, 0.15) is 0 Å². The number of rotatable bonds is 4. The van der Waals surface area contributed by atoms with Gasteiger partial charge in [0.05, 0.1) is 16.6 Å². The van der Waals surface area contributed by atoms with Crippen molar-refractivity contribution in [2.45, 2.75) is 25.3 Å². The summed E-state index contributed by atoms with van der Waals surface area (Å²) >= 11 is 0. The third-order valence-electron chi connectivity index (χ3n) is 10.0. The second-order valence-corrected chi connectivity index (χ2v) is 13.0. The average molecular weight is 591 g/mol. The van der Waals surface area contributed by atoms with E-state index in [1.165, 1.54) is 71.9 Å². The van der Waals surface area contributed by atoms with E-state index < -0.39 is 0 Å². The second kappa shape index (κ2) is 10.2. The van der Waals surface area contributed by atoms with Crippen LogP contribution in [0.2, 0.25) is 0 Å². The molecule has 0 fully saturated rings. The van der Waals surface area contributed by atoms with Crippen LogP contribution in [0.1, 0.15) is 30.9 Å². The number of hydrogen-bond acceptors (Lipinski definition) is 1. The summed E-state index contributed by atoms with van der Waals surface area (Å²) < 4.78 is 2.43. The standard InChI is InChI=1S/C44H34N2/c1-44(2)42(33-13-4-3-5-14-33)39-17-9-11-19-41(39)46(44)35-27-22-31(23-28-35)30-20-25-34(26-21-30)45-40-18-10-8-16-37(40)38-29-24-32-12-6-7-15-36(32)43(38)45/h3-29,42H,1-2H3. The predicted molar refractivity (Wildman–Crippen MR) is 195 cm³/mol. The van der Waals surface area contributed by atoms with Crippen molar-refractivity contribution in [1.82, 2.24) is 4.57 Å². The molecule has 0 radical (unpaired) electrons. The maximum absolute atomic E-state index is 2.53. The van der Waals surface area contributed by atoms with E-state index in [0.29, 0.717) is 0 Å². The largest absolute Gasteiger partial charge is 0.335 e. The van der Waals surface area contributed by atoms with Crippen molar-refractivity contribution in [3.63, 3.8) is 0 Å². The molecule has 220 valence electrons. The van der Waals surface area contributed by atoms with E-state index in [2.05, 4.69) is 187 Å². The highest BCUT2D eigenvalue weighted by molar-refractivity contribution is 6.18. The van der Waals surface area contributed by atoms with Gasteiger partial charge in [0.15, 0.2) is 0 Å². The van der Waals surface area contributed by atoms with Crippen LogP contribution in [0.5, 0.6) is 0 Å². The maximum Gasteiger partial charge on any atom is 0.0619 e. The first-order valence-electron chi connectivity index (χ1n) is 16.2. The topological polar surface area (TPSA) is 8.17 Å². The maximum atomic E-state index is 2.53. The number of anilines is 2. The second-order valence-electron chi connectivity index (χ2n) is 13.0. The Morgan fingerprint density at radius 2 is 1.09 bits per heavy atom. The van der Waals surface area contributed by atoms with Gasteiger partial charge in [-0.15, -0.1) is 0 Å². The van der Waals surface area contributed by atoms with Gasteiger partial charge in [-0.1, -0.05) is 127 Å². The molecule has 0 N–H and O–H groups in total. The number of para-hydroxylation sites is 2. The predicted octanol–water partition coefficient (Wildman–Crippen LogP) is 11.7. The van der Waals surface area contributed by atoms with Gasteiger partial charge in [0.25, 0.3) is 0 Å². The molecule has 0 amide bonds. The van der Waals surface area contributed by atoms with Gasteiger partial charge in [0.2, 0.25) is 0 Å². The fraction of sp³-hybridized carbons (Fsp3) is 0.0909. The molecule has 2 nitrogen and oxygen atoms in total. The van der Waals surface area contributed by atoms with E-state index in [1.807, 2.05) is 0 Å². The molecule has 9 rings (SSSR count). The molecule has 0 bridgehead atoms. The lowest BCUT2D eigenvalue weighted by molar-refractivity contribution is 0.478. The molecular weight excluding hydrogens is 556 g/mol. The van der Waals surface area contributed by atoms with Crippen LogP contribution in [0.3, 0.4) is 0 Å².